The minimum atomic E-state index is -5.18. The Morgan fingerprint density at radius 1 is 0.651 bits per heavy atom. The van der Waals surface area contributed by atoms with Crippen LogP contribution in [0.25, 0.3) is 0 Å². The number of fused-ring (bicyclic) bond motifs is 3. The lowest BCUT2D eigenvalue weighted by atomic mass is 9.58. The molecule has 0 aromatic heterocycles. The largest absolute Gasteiger partial charge is 0.397 e. The van der Waals surface area contributed by atoms with Crippen LogP contribution in [-0.2, 0) is 62.3 Å². The van der Waals surface area contributed by atoms with Crippen LogP contribution >= 0.6 is 0 Å². The number of hydrogen-bond donors (Lipinski definition) is 3. The number of rotatable bonds is 14. The number of carbonyl (C=O) groups excluding carboxylic acids is 12. The van der Waals surface area contributed by atoms with Gasteiger partial charge in [-0.25, -0.2) is 8.78 Å². The molecule has 3 N–H and O–H groups in total. The van der Waals surface area contributed by atoms with E-state index in [1.807, 2.05) is 40.7 Å². The van der Waals surface area contributed by atoms with Crippen molar-refractivity contribution < 1.29 is 84.2 Å². The molecule has 3 heterocycles. The van der Waals surface area contributed by atoms with E-state index in [9.17, 15) is 41.9 Å². The van der Waals surface area contributed by atoms with Gasteiger partial charge >= 0.3 is 6.18 Å². The van der Waals surface area contributed by atoms with E-state index in [1.54, 1.807) is 13.0 Å². The zero-order chi connectivity index (χ0) is 78.9. The molecule has 12 atom stereocenters. The second kappa shape index (κ2) is 36.5. The van der Waals surface area contributed by atoms with Gasteiger partial charge in [-0.2, -0.15) is 13.2 Å². The number of carbonyl (C=O) groups is 12. The monoisotopic (exact) mass is 1500 g/mol. The zero-order valence-electron chi connectivity index (χ0n) is 65.4. The summed E-state index contributed by atoms with van der Waals surface area (Å²) < 4.78 is 78.7. The van der Waals surface area contributed by atoms with Gasteiger partial charge in [0, 0.05) is 83.0 Å². The Balaban J connectivity index is 1.33. The average Bonchev–Trinajstić information content (AvgIpc) is 1.05. The standard InChI is InChI=1S/C76H121F5N12O13/c1-17-45(5)63-71(103)87(11)41-61(96)88(12)54-23-21-20-22-32-92(70(54)102)58(36-46-26-24-44(4)25-27-46)69(101)86(10)40-59(94)82-53(31-30-48-33-51(77)62(52(78)34-48)76(79,80)81)67(99)93-39-50(106-16)37-56(93)66(98)84-75(42-74(6,7)43-75)73(105)91(15)64(49(18-2)19-3)72(104)90(14)57(68(100)85(8)9)38-60(95)89(13)55(65(97)83-63)35-47-28-29-47/h20-21,44-58,62-64H,17-19,22-43H2,1-16H3,(H,82,94)(H,83,97)(H,84,98)/b21-20-/t44?,45-,46?,48?,50+,51?,52?,53-,54-,55-,56-,57-,58-,62?,63-,64-/m0/s1. The van der Waals surface area contributed by atoms with Crippen molar-refractivity contribution in [3.05, 3.63) is 12.2 Å². The molecule has 4 saturated carbocycles. The molecule has 30 heteroatoms. The number of amides is 12. The van der Waals surface area contributed by atoms with E-state index in [2.05, 4.69) is 22.9 Å². The summed E-state index contributed by atoms with van der Waals surface area (Å²) in [5, 5.41) is 8.63. The Labute approximate surface area is 623 Å². The molecule has 1 spiro atoms. The van der Waals surface area contributed by atoms with Crippen LogP contribution in [0.2, 0.25) is 0 Å². The molecule has 0 aromatic carbocycles. The fourth-order valence-corrected chi connectivity index (χ4v) is 17.3. The van der Waals surface area contributed by atoms with Gasteiger partial charge in [-0.15, -0.1) is 0 Å². The van der Waals surface area contributed by atoms with E-state index >= 15 is 37.5 Å². The van der Waals surface area contributed by atoms with Crippen LogP contribution in [0.15, 0.2) is 12.2 Å². The van der Waals surface area contributed by atoms with E-state index in [0.717, 1.165) is 58.1 Å². The van der Waals surface area contributed by atoms with Crippen molar-refractivity contribution >= 4 is 70.9 Å². The van der Waals surface area contributed by atoms with E-state index < -0.39 is 217 Å². The third-order valence-corrected chi connectivity index (χ3v) is 24.2. The minimum Gasteiger partial charge on any atom is -0.380 e. The molecule has 2 unspecified atom stereocenters. The zero-order valence-corrected chi connectivity index (χ0v) is 65.4. The maximum atomic E-state index is 15.7. The summed E-state index contributed by atoms with van der Waals surface area (Å²) in [5.74, 6) is -13.2. The van der Waals surface area contributed by atoms with Gasteiger partial charge < -0.3 is 64.8 Å². The lowest BCUT2D eigenvalue weighted by Crippen LogP contribution is -2.71. The van der Waals surface area contributed by atoms with Crippen LogP contribution in [0.4, 0.5) is 22.0 Å². The summed E-state index contributed by atoms with van der Waals surface area (Å²) in [5.41, 5.74) is -2.30. The first kappa shape index (κ1) is 86.2. The lowest BCUT2D eigenvalue weighted by molar-refractivity contribution is -0.219. The summed E-state index contributed by atoms with van der Waals surface area (Å²) in [4.78, 5) is 193. The second-order valence-electron chi connectivity index (χ2n) is 33.0. The van der Waals surface area contributed by atoms with Crippen LogP contribution in [0.3, 0.4) is 0 Å². The smallest absolute Gasteiger partial charge is 0.380 e. The molecule has 7 aliphatic rings. The fourth-order valence-electron chi connectivity index (χ4n) is 17.3. The SMILES string of the molecule is CCC(CC)[C@H]1C(=O)N(C)[C@H](C(=O)N(C)C)CC(=O)N(C)[C@@H](CC2CC2)C(=O)N[C@@H]([C@@H](C)CC)C(=O)N(C)CC(=O)N(C)[C@H]2C/C=C\CCN(C2=O)[C@@H](CC2CCC(C)CC2)C(=O)N(C)CC(=O)N[C@@H](CCC2CC(F)C(C(F)(F)F)C(F)C2)C(=O)N2C[C@H](OC)C[C@H]2C(=O)NC2(CC(C)(C)C2)C(=O)N1C. The lowest BCUT2D eigenvalue weighted by Gasteiger charge is -2.54. The van der Waals surface area contributed by atoms with Crippen LogP contribution in [-0.4, -0.2) is 283 Å². The van der Waals surface area contributed by atoms with E-state index in [0.29, 0.717) is 31.6 Å². The van der Waals surface area contributed by atoms with Crippen molar-refractivity contribution in [1.29, 1.82) is 0 Å². The molecule has 7 rings (SSSR count). The quantitative estimate of drug-likeness (QED) is 0.132. The maximum absolute atomic E-state index is 15.7. The van der Waals surface area contributed by atoms with Crippen molar-refractivity contribution in [1.82, 2.24) is 60.0 Å². The molecule has 598 valence electrons. The minimum absolute atomic E-state index is 0.0151. The number of methoxy groups -OCH3 is 1. The fraction of sp³-hybridized carbons (Fsp3) is 0.816. The van der Waals surface area contributed by atoms with E-state index in [1.165, 1.54) is 88.0 Å². The highest BCUT2D eigenvalue weighted by atomic mass is 19.4. The predicted octanol–water partition coefficient (Wildman–Crippen LogP) is 6.05. The third-order valence-electron chi connectivity index (χ3n) is 24.2. The van der Waals surface area contributed by atoms with Crippen molar-refractivity contribution in [2.75, 3.05) is 89.7 Å². The van der Waals surface area contributed by atoms with E-state index in [4.69, 9.17) is 4.74 Å². The Bertz CT molecular complexity index is 3180. The Morgan fingerprint density at radius 2 is 1.24 bits per heavy atom. The van der Waals surface area contributed by atoms with Gasteiger partial charge in [0.1, 0.15) is 72.1 Å². The molecule has 106 heavy (non-hydrogen) atoms. The average molecular weight is 1510 g/mol. The highest BCUT2D eigenvalue weighted by Crippen LogP contribution is 2.50. The molecule has 3 aliphatic heterocycles. The maximum Gasteiger partial charge on any atom is 0.397 e. The van der Waals surface area contributed by atoms with Gasteiger partial charge in [0.2, 0.25) is 70.9 Å². The van der Waals surface area contributed by atoms with Crippen LogP contribution in [0.5, 0.6) is 0 Å². The Kier molecular flexibility index (Phi) is 29.7. The molecule has 0 aromatic rings. The molecule has 0 radical (unpaired) electrons. The van der Waals surface area contributed by atoms with Gasteiger partial charge in [-0.05, 0) is 105 Å². The number of nitrogens with zero attached hydrogens (tertiary/aromatic N) is 9. The number of halogens is 5. The van der Waals surface area contributed by atoms with E-state index in [-0.39, 0.29) is 69.9 Å². The first-order valence-corrected chi connectivity index (χ1v) is 38.5. The van der Waals surface area contributed by atoms with Gasteiger partial charge in [0.15, 0.2) is 0 Å². The van der Waals surface area contributed by atoms with Crippen LogP contribution in [0.1, 0.15) is 183 Å². The number of hydrogen-bond acceptors (Lipinski definition) is 13. The molecular weight excluding hydrogens is 1380 g/mol. The summed E-state index contributed by atoms with van der Waals surface area (Å²) in [6, 6.07) is -10.7. The van der Waals surface area contributed by atoms with Crippen molar-refractivity contribution in [2.24, 2.45) is 46.8 Å². The summed E-state index contributed by atoms with van der Waals surface area (Å²) >= 11 is 0. The molecule has 4 aliphatic carbocycles. The van der Waals surface area contributed by atoms with Crippen molar-refractivity contribution in [3.63, 3.8) is 0 Å². The van der Waals surface area contributed by atoms with Gasteiger partial charge in [0.25, 0.3) is 0 Å². The Hall–Kier alpha value is -7.01. The molecule has 2 bridgehead atoms. The van der Waals surface area contributed by atoms with Gasteiger partial charge in [0.05, 0.1) is 25.6 Å². The second-order valence-corrected chi connectivity index (χ2v) is 33.0. The van der Waals surface area contributed by atoms with Crippen LogP contribution in [0, 0.1) is 46.8 Å². The number of alkyl halides is 5. The number of likely N-dealkylation sites (N-methyl/N-ethyl adjacent to an activating group) is 7. The van der Waals surface area contributed by atoms with Gasteiger partial charge in [-0.1, -0.05) is 118 Å². The normalized spacial score (nSPS) is 32.5. The summed E-state index contributed by atoms with van der Waals surface area (Å²) in [6.07, 6.45) is -3.96. The molecule has 2 saturated heterocycles. The molecule has 25 nitrogen and oxygen atoms in total. The molecular formula is C76H121F5N12O13. The summed E-state index contributed by atoms with van der Waals surface area (Å²) in [6.45, 7) is 11.6. The first-order valence-electron chi connectivity index (χ1n) is 38.5. The Morgan fingerprint density at radius 3 is 1.78 bits per heavy atom. The third kappa shape index (κ3) is 20.7. The predicted molar refractivity (Wildman–Crippen MR) is 385 cm³/mol. The first-order chi connectivity index (χ1) is 49.6. The summed E-state index contributed by atoms with van der Waals surface area (Å²) in [7, 11) is 12.7. The van der Waals surface area contributed by atoms with Gasteiger partial charge in [-0.3, -0.25) is 57.5 Å². The molecule has 12 amide bonds. The topological polar surface area (TPSA) is 279 Å². The van der Waals surface area contributed by atoms with Crippen molar-refractivity contribution in [3.8, 4) is 0 Å². The highest BCUT2D eigenvalue weighted by molar-refractivity contribution is 6.01. The van der Waals surface area contributed by atoms with Crippen LogP contribution < -0.4 is 16.0 Å². The number of ether oxygens (including phenoxy) is 1. The molecule has 6 fully saturated rings. The number of nitrogens with one attached hydrogen (secondary N) is 3. The van der Waals surface area contributed by atoms with Crippen molar-refractivity contribution in [2.45, 2.75) is 262 Å². The highest BCUT2D eigenvalue weighted by Gasteiger charge is 2.60.